The Morgan fingerprint density at radius 3 is 2.35 bits per heavy atom. The third kappa shape index (κ3) is 6.11. The summed E-state index contributed by atoms with van der Waals surface area (Å²) in [5.41, 5.74) is 0. The first-order chi connectivity index (χ1) is 7.92. The molecule has 0 fully saturated rings. The molecule has 0 unspecified atom stereocenters. The van der Waals surface area contributed by atoms with Gasteiger partial charge in [0.25, 0.3) is 0 Å². The van der Waals surface area contributed by atoms with Crippen molar-refractivity contribution in [3.8, 4) is 0 Å². The van der Waals surface area contributed by atoms with Crippen LogP contribution >= 0.6 is 11.6 Å². The largest absolute Gasteiger partial charge is 0.468 e. The average Bonchev–Trinajstić information content (AvgIpc) is 2.24. The highest BCUT2D eigenvalue weighted by Gasteiger charge is 2.21. The first-order valence-electron chi connectivity index (χ1n) is 5.15. The number of esters is 1. The summed E-state index contributed by atoms with van der Waals surface area (Å²) in [5, 5.41) is 2.15. The predicted molar refractivity (Wildman–Crippen MR) is 62.7 cm³/mol. The average molecular weight is 265 g/mol. The van der Waals surface area contributed by atoms with Crippen molar-refractivity contribution in [1.29, 1.82) is 0 Å². The molecule has 0 spiro atoms. The number of carbonyl (C=O) groups excluding carboxylic acids is 3. The number of hydrogen-bond acceptors (Lipinski definition) is 4. The van der Waals surface area contributed by atoms with E-state index in [1.165, 1.54) is 12.0 Å². The van der Waals surface area contributed by atoms with Gasteiger partial charge in [-0.3, -0.25) is 14.9 Å². The van der Waals surface area contributed by atoms with E-state index in [4.69, 9.17) is 11.6 Å². The van der Waals surface area contributed by atoms with Crippen LogP contribution in [0.3, 0.4) is 0 Å². The number of carbonyl (C=O) groups is 3. The molecule has 17 heavy (non-hydrogen) atoms. The monoisotopic (exact) mass is 264 g/mol. The Labute approximate surface area is 105 Å². The minimum Gasteiger partial charge on any atom is -0.468 e. The second-order valence-corrected chi connectivity index (χ2v) is 3.97. The number of ether oxygens (including phenoxy) is 1. The molecule has 0 saturated heterocycles. The number of hydrogen-bond donors (Lipinski definition) is 1. The summed E-state index contributed by atoms with van der Waals surface area (Å²) in [6.45, 7) is 3.26. The van der Waals surface area contributed by atoms with Crippen LogP contribution in [0, 0.1) is 0 Å². The number of rotatable bonds is 5. The Morgan fingerprint density at radius 2 is 1.94 bits per heavy atom. The Morgan fingerprint density at radius 1 is 1.35 bits per heavy atom. The summed E-state index contributed by atoms with van der Waals surface area (Å²) < 4.78 is 4.47. The zero-order valence-electron chi connectivity index (χ0n) is 10.2. The first kappa shape index (κ1) is 15.7. The van der Waals surface area contributed by atoms with E-state index in [0.717, 1.165) is 0 Å². The normalized spacial score (nSPS) is 9.94. The van der Waals surface area contributed by atoms with E-state index in [-0.39, 0.29) is 24.9 Å². The van der Waals surface area contributed by atoms with Crippen molar-refractivity contribution in [2.45, 2.75) is 26.3 Å². The van der Waals surface area contributed by atoms with Crippen LogP contribution in [0.25, 0.3) is 0 Å². The molecule has 3 amide bonds. The van der Waals surface area contributed by atoms with Gasteiger partial charge in [0.05, 0.1) is 7.11 Å². The summed E-state index contributed by atoms with van der Waals surface area (Å²) in [6, 6.07) is -0.849. The van der Waals surface area contributed by atoms with Crippen molar-refractivity contribution in [2.75, 3.05) is 19.5 Å². The van der Waals surface area contributed by atoms with E-state index in [2.05, 4.69) is 10.1 Å². The minimum atomic E-state index is -0.625. The van der Waals surface area contributed by atoms with Crippen molar-refractivity contribution in [1.82, 2.24) is 10.2 Å². The maximum Gasteiger partial charge on any atom is 0.325 e. The SMILES string of the molecule is COC(=O)CN(C(=O)NC(=O)CCCl)C(C)C. The Balaban J connectivity index is 4.44. The number of nitrogens with one attached hydrogen (secondary N) is 1. The summed E-state index contributed by atoms with van der Waals surface area (Å²) >= 11 is 5.37. The lowest BCUT2D eigenvalue weighted by Gasteiger charge is -2.25. The Bertz CT molecular complexity index is 294. The van der Waals surface area contributed by atoms with Gasteiger partial charge in [-0.25, -0.2) is 4.79 Å². The van der Waals surface area contributed by atoms with Crippen LogP contribution < -0.4 is 5.32 Å². The molecular formula is C10H17ClN2O4. The van der Waals surface area contributed by atoms with E-state index >= 15 is 0 Å². The van der Waals surface area contributed by atoms with Crippen LogP contribution in [0.4, 0.5) is 4.79 Å². The lowest BCUT2D eigenvalue weighted by atomic mass is 10.3. The molecule has 0 aromatic carbocycles. The highest BCUT2D eigenvalue weighted by Crippen LogP contribution is 2.00. The summed E-state index contributed by atoms with van der Waals surface area (Å²) in [4.78, 5) is 35.1. The van der Waals surface area contributed by atoms with Crippen LogP contribution in [0.2, 0.25) is 0 Å². The second kappa shape index (κ2) is 7.89. The van der Waals surface area contributed by atoms with Crippen LogP contribution in [0.5, 0.6) is 0 Å². The van der Waals surface area contributed by atoms with E-state index in [9.17, 15) is 14.4 Å². The maximum absolute atomic E-state index is 11.7. The Hall–Kier alpha value is -1.30. The van der Waals surface area contributed by atoms with Gasteiger partial charge < -0.3 is 9.64 Å². The van der Waals surface area contributed by atoms with Crippen molar-refractivity contribution >= 4 is 29.5 Å². The fourth-order valence-corrected chi connectivity index (χ4v) is 1.20. The van der Waals surface area contributed by atoms with Crippen LogP contribution in [0.15, 0.2) is 0 Å². The van der Waals surface area contributed by atoms with Crippen LogP contribution in [-0.2, 0) is 14.3 Å². The van der Waals surface area contributed by atoms with Gasteiger partial charge in [-0.2, -0.15) is 0 Å². The van der Waals surface area contributed by atoms with Gasteiger partial charge in [0, 0.05) is 18.3 Å². The smallest absolute Gasteiger partial charge is 0.325 e. The first-order valence-corrected chi connectivity index (χ1v) is 5.69. The van der Waals surface area contributed by atoms with Crippen molar-refractivity contribution in [3.05, 3.63) is 0 Å². The third-order valence-electron chi connectivity index (χ3n) is 1.98. The van der Waals surface area contributed by atoms with Gasteiger partial charge in [-0.15, -0.1) is 11.6 Å². The number of methoxy groups -OCH3 is 1. The fourth-order valence-electron chi connectivity index (χ4n) is 1.03. The summed E-state index contributed by atoms with van der Waals surface area (Å²) in [7, 11) is 1.23. The maximum atomic E-state index is 11.7. The second-order valence-electron chi connectivity index (χ2n) is 3.59. The molecule has 0 rings (SSSR count). The standard InChI is InChI=1S/C10H17ClN2O4/c1-7(2)13(6-9(15)17-3)10(16)12-8(14)4-5-11/h7H,4-6H2,1-3H3,(H,12,14,16). The molecule has 0 saturated carbocycles. The molecule has 0 atom stereocenters. The topological polar surface area (TPSA) is 75.7 Å². The molecule has 0 bridgehead atoms. The molecule has 0 aliphatic rings. The number of alkyl halides is 1. The molecular weight excluding hydrogens is 248 g/mol. The van der Waals surface area contributed by atoms with Gasteiger partial charge in [0.15, 0.2) is 0 Å². The van der Waals surface area contributed by atoms with E-state index in [1.54, 1.807) is 13.8 Å². The zero-order chi connectivity index (χ0) is 13.4. The van der Waals surface area contributed by atoms with Gasteiger partial charge in [-0.1, -0.05) is 0 Å². The zero-order valence-corrected chi connectivity index (χ0v) is 10.9. The molecule has 6 nitrogen and oxygen atoms in total. The van der Waals surface area contributed by atoms with E-state index in [0.29, 0.717) is 0 Å². The number of halogens is 1. The lowest BCUT2D eigenvalue weighted by molar-refractivity contribution is -0.141. The highest BCUT2D eigenvalue weighted by molar-refractivity contribution is 6.19. The molecule has 0 aromatic rings. The number of nitrogens with zero attached hydrogens (tertiary/aromatic N) is 1. The molecule has 1 N–H and O–H groups in total. The molecule has 98 valence electrons. The molecule has 0 radical (unpaired) electrons. The third-order valence-corrected chi connectivity index (χ3v) is 2.17. The number of urea groups is 1. The molecule has 0 aliphatic heterocycles. The van der Waals surface area contributed by atoms with Gasteiger partial charge in [0.2, 0.25) is 5.91 Å². The van der Waals surface area contributed by atoms with Crippen LogP contribution in [0.1, 0.15) is 20.3 Å². The lowest BCUT2D eigenvalue weighted by Crippen LogP contribution is -2.48. The molecule has 0 heterocycles. The van der Waals surface area contributed by atoms with Crippen molar-refractivity contribution in [2.24, 2.45) is 0 Å². The molecule has 7 heteroatoms. The minimum absolute atomic E-state index is 0.0530. The fraction of sp³-hybridized carbons (Fsp3) is 0.700. The van der Waals surface area contributed by atoms with Gasteiger partial charge in [-0.05, 0) is 13.8 Å². The van der Waals surface area contributed by atoms with Crippen LogP contribution in [-0.4, -0.2) is 48.4 Å². The summed E-state index contributed by atoms with van der Waals surface area (Å²) in [5.74, 6) is -0.878. The molecule has 0 aromatic heterocycles. The van der Waals surface area contributed by atoms with Crippen molar-refractivity contribution < 1.29 is 19.1 Å². The Kier molecular flexibility index (Phi) is 7.29. The quantitative estimate of drug-likeness (QED) is 0.587. The summed E-state index contributed by atoms with van der Waals surface area (Å²) in [6.07, 6.45) is 0.0530. The highest BCUT2D eigenvalue weighted by atomic mass is 35.5. The van der Waals surface area contributed by atoms with Gasteiger partial charge in [0.1, 0.15) is 6.54 Å². The van der Waals surface area contributed by atoms with Gasteiger partial charge >= 0.3 is 12.0 Å². The number of imide groups is 1. The van der Waals surface area contributed by atoms with Crippen molar-refractivity contribution in [3.63, 3.8) is 0 Å². The molecule has 0 aliphatic carbocycles. The van der Waals surface area contributed by atoms with E-state index < -0.39 is 17.9 Å². The number of amides is 3. The van der Waals surface area contributed by atoms with E-state index in [1.807, 2.05) is 0 Å². The predicted octanol–water partition coefficient (Wildman–Crippen LogP) is 0.735.